The molecular formula is C74H84Cl2N10O23. The lowest BCUT2D eigenvalue weighted by atomic mass is 9.82. The van der Waals surface area contributed by atoms with E-state index in [0.717, 1.165) is 66.2 Å². The minimum atomic E-state index is -2.34. The second-order valence-corrected chi connectivity index (χ2v) is 28.7. The Morgan fingerprint density at radius 2 is 1.32 bits per heavy atom. The number of phenolic OH excluding ortho intramolecular Hbond substituents is 3. The van der Waals surface area contributed by atoms with E-state index in [2.05, 4.69) is 42.5 Å². The highest BCUT2D eigenvalue weighted by Crippen LogP contribution is 2.50. The molecule has 35 heteroatoms. The van der Waals surface area contributed by atoms with Crippen LogP contribution < -0.4 is 68.2 Å². The van der Waals surface area contributed by atoms with E-state index < -0.39 is 220 Å². The number of aliphatic hydroxyl groups is 6. The second-order valence-electron chi connectivity index (χ2n) is 27.9. The maximum Gasteiger partial charge on any atom is 0.248 e. The summed E-state index contributed by atoms with van der Waals surface area (Å²) < 4.78 is 38.3. The number of ether oxygens (including phenoxy) is 6. The predicted molar refractivity (Wildman–Crippen MR) is 385 cm³/mol. The van der Waals surface area contributed by atoms with Gasteiger partial charge >= 0.3 is 0 Å². The molecule has 13 rings (SSSR count). The number of fused-ring (bicyclic) bond motifs is 15. The third-order valence-electron chi connectivity index (χ3n) is 19.6. The lowest BCUT2D eigenvalue weighted by Gasteiger charge is -2.47. The van der Waals surface area contributed by atoms with Crippen LogP contribution in [0.3, 0.4) is 0 Å². The third kappa shape index (κ3) is 17.7. The Bertz CT molecular complexity index is 4460. The van der Waals surface area contributed by atoms with Gasteiger partial charge in [-0.15, -0.1) is 0 Å². The van der Waals surface area contributed by atoms with Crippen molar-refractivity contribution < 1.29 is 113 Å². The number of nitrogens with two attached hydrogens (primary N) is 2. The van der Waals surface area contributed by atoms with Gasteiger partial charge in [-0.2, -0.15) is 0 Å². The van der Waals surface area contributed by atoms with Gasteiger partial charge in [-0.25, -0.2) is 0 Å². The first-order chi connectivity index (χ1) is 51.7. The van der Waals surface area contributed by atoms with Gasteiger partial charge in [0.25, 0.3) is 0 Å². The van der Waals surface area contributed by atoms with E-state index in [-0.39, 0.29) is 76.1 Å². The smallest absolute Gasteiger partial charge is 0.248 e. The summed E-state index contributed by atoms with van der Waals surface area (Å²) in [6.45, 7) is 5.84. The first kappa shape index (κ1) is 80.0. The van der Waals surface area contributed by atoms with Crippen LogP contribution in [0.5, 0.6) is 46.0 Å². The highest BCUT2D eigenvalue weighted by molar-refractivity contribution is 6.32. The van der Waals surface area contributed by atoms with Crippen molar-refractivity contribution in [1.82, 2.24) is 42.5 Å². The summed E-state index contributed by atoms with van der Waals surface area (Å²) in [6.07, 6.45) is -17.6. The molecule has 33 nitrogen and oxygen atoms in total. The monoisotopic (exact) mass is 1550 g/mol. The lowest BCUT2D eigenvalue weighted by molar-refractivity contribution is -0.348. The molecule has 7 aliphatic rings. The summed E-state index contributed by atoms with van der Waals surface area (Å²) in [7, 11) is 1.48. The van der Waals surface area contributed by atoms with Crippen molar-refractivity contribution in [2.24, 2.45) is 23.3 Å². The molecule has 21 N–H and O–H groups in total. The van der Waals surface area contributed by atoms with Gasteiger partial charge < -0.3 is 128 Å². The normalized spacial score (nSPS) is 28.1. The summed E-state index contributed by atoms with van der Waals surface area (Å²) >= 11 is 14.3. The number of aliphatic hydroxyl groups excluding tert-OH is 6. The topological polar surface area (TPSA) is 522 Å². The third-order valence-corrected chi connectivity index (χ3v) is 20.2. The molecule has 0 aliphatic carbocycles. The van der Waals surface area contributed by atoms with E-state index in [1.54, 1.807) is 44.2 Å². The summed E-state index contributed by atoms with van der Waals surface area (Å²) in [5.74, 6) is -15.3. The van der Waals surface area contributed by atoms with Crippen molar-refractivity contribution in [3.05, 3.63) is 153 Å². The number of hydrogen-bond donors (Lipinski definition) is 19. The number of carbonyl (C=O) groups is 8. The van der Waals surface area contributed by atoms with Gasteiger partial charge in [-0.05, 0) is 121 Å². The van der Waals surface area contributed by atoms with Gasteiger partial charge in [0, 0.05) is 41.6 Å². The van der Waals surface area contributed by atoms with E-state index in [0.29, 0.717) is 0 Å². The Morgan fingerprint density at radius 1 is 0.697 bits per heavy atom. The maximum atomic E-state index is 16.2. The number of amides is 8. The van der Waals surface area contributed by atoms with Crippen molar-refractivity contribution >= 4 is 70.5 Å². The minimum Gasteiger partial charge on any atom is -0.508 e. The second kappa shape index (κ2) is 33.5. The molecule has 0 unspecified atom stereocenters. The van der Waals surface area contributed by atoms with E-state index >= 15 is 19.2 Å². The zero-order valence-electron chi connectivity index (χ0n) is 59.2. The van der Waals surface area contributed by atoms with Gasteiger partial charge in [0.2, 0.25) is 59.3 Å². The largest absolute Gasteiger partial charge is 0.508 e. The SMILES string of the molecule is CN[C@H](CC(C)C)C(=O)N[C@H]1C(=O)N[C@@H](CC(N)=O)C(=O)N[C@H]2C(=O)N[C@H]3C(=O)N[C@H](C(=O)N[C@@H](C(=O)NCCc4ccccc4)c4cc(O)cc(O)c4-c4cc3ccc4O)[C@H](O)c3ccc(c(Cl)c3)Oc3cc2cc(c3O[C@H]2O[C@@H](CO)[C@H](O)[C@@H](O)[C@@H]2O[C@H]2C[C@](C)(N)[C@H](C)[C@H](O)O2)Oc2ccc(cc2Cl)[C@H]1O. The predicted octanol–water partition coefficient (Wildman–Crippen LogP) is 1.59. The Labute approximate surface area is 632 Å². The van der Waals surface area contributed by atoms with Crippen LogP contribution in [0.15, 0.2) is 109 Å². The lowest BCUT2D eigenvalue weighted by Crippen LogP contribution is -2.63. The van der Waals surface area contributed by atoms with Crippen molar-refractivity contribution in [2.45, 2.75) is 157 Å². The Balaban J connectivity index is 1.14. The van der Waals surface area contributed by atoms with Crippen LogP contribution in [0.2, 0.25) is 10.0 Å². The Hall–Kier alpha value is -9.98. The average Bonchev–Trinajstić information content (AvgIpc) is 0.768. The molecule has 109 heavy (non-hydrogen) atoms. The van der Waals surface area contributed by atoms with Gasteiger partial charge in [-0.1, -0.05) is 92.5 Å². The number of carbonyl (C=O) groups excluding carboxylic acids is 8. The fourth-order valence-electron chi connectivity index (χ4n) is 13.4. The molecule has 2 saturated heterocycles. The zero-order chi connectivity index (χ0) is 78.8. The highest BCUT2D eigenvalue weighted by atomic mass is 35.5. The molecule has 6 aromatic carbocycles. The molecule has 6 aromatic rings. The van der Waals surface area contributed by atoms with Crippen LogP contribution in [0.1, 0.15) is 111 Å². The van der Waals surface area contributed by atoms with Crippen LogP contribution >= 0.6 is 23.2 Å². The van der Waals surface area contributed by atoms with Crippen molar-refractivity contribution in [2.75, 3.05) is 20.2 Å². The van der Waals surface area contributed by atoms with E-state index in [4.69, 9.17) is 63.1 Å². The molecule has 11 bridgehead atoms. The number of hydrogen-bond acceptors (Lipinski definition) is 25. The number of aromatic hydroxyl groups is 3. The first-order valence-electron chi connectivity index (χ1n) is 34.8. The minimum absolute atomic E-state index is 0.0557. The van der Waals surface area contributed by atoms with Gasteiger partial charge in [0.05, 0.1) is 29.1 Å². The first-order valence-corrected chi connectivity index (χ1v) is 35.5. The molecule has 0 saturated carbocycles. The molecule has 0 radical (unpaired) electrons. The summed E-state index contributed by atoms with van der Waals surface area (Å²) in [4.78, 5) is 120. The van der Waals surface area contributed by atoms with Crippen molar-refractivity contribution in [1.29, 1.82) is 0 Å². The van der Waals surface area contributed by atoms with Gasteiger partial charge in [-0.3, -0.25) is 38.4 Å². The molecule has 0 spiro atoms. The summed E-state index contributed by atoms with van der Waals surface area (Å²) in [6, 6.07) is 9.33. The molecule has 18 atom stereocenters. The van der Waals surface area contributed by atoms with Crippen molar-refractivity contribution in [3.8, 4) is 57.1 Å². The van der Waals surface area contributed by atoms with Crippen LogP contribution in [0.4, 0.5) is 0 Å². The Kier molecular flexibility index (Phi) is 24.6. The number of phenols is 3. The van der Waals surface area contributed by atoms with Crippen LogP contribution in [-0.4, -0.2) is 186 Å². The molecule has 8 amide bonds. The van der Waals surface area contributed by atoms with E-state index in [1.165, 1.54) is 25.2 Å². The molecule has 7 heterocycles. The van der Waals surface area contributed by atoms with Gasteiger partial charge in [0.1, 0.15) is 95.5 Å². The number of benzene rings is 6. The van der Waals surface area contributed by atoms with Crippen LogP contribution in [-0.2, 0) is 59.0 Å². The summed E-state index contributed by atoms with van der Waals surface area (Å²) in [5, 5.41) is 125. The quantitative estimate of drug-likeness (QED) is 0.0654. The van der Waals surface area contributed by atoms with Crippen molar-refractivity contribution in [3.63, 3.8) is 0 Å². The molecule has 2 fully saturated rings. The Morgan fingerprint density at radius 3 is 1.94 bits per heavy atom. The fourth-order valence-corrected chi connectivity index (χ4v) is 13.9. The maximum absolute atomic E-state index is 16.2. The van der Waals surface area contributed by atoms with E-state index in [9.17, 15) is 65.1 Å². The number of halogens is 2. The molecule has 0 aromatic heterocycles. The number of rotatable bonds is 16. The highest BCUT2D eigenvalue weighted by Gasteiger charge is 2.51. The van der Waals surface area contributed by atoms with Gasteiger partial charge in [0.15, 0.2) is 30.2 Å². The number of primary amides is 1. The van der Waals surface area contributed by atoms with Crippen LogP contribution in [0.25, 0.3) is 11.1 Å². The standard InChI is InChI=1S/C74H84Cl2N10O23/c1-30(2)19-42(79-5)65(96)85-57-59(92)34-12-15-46(40(75)21-34)104-48-23-36-24-49(63(48)109-73-64(62(95)61(94)50(29-87)106-73)107-52-28-74(4,78)31(3)72(103)108-52)105-47-16-13-35(22-41(47)76)60(93)58-71(102)84-56(67(98)80-18-17-32-9-7-6-8-10-32)39-25-37(88)26-45(90)53(39)38-20-33(11-14-44(38)89)54(68(99)86-58)83-69(100)55(36)82-66(97)43(27-51(77)91)81-70(57)101/h6-16,20-26,30-31,42-43,50,52,54-62,64,72-73,79,87-90,92-95,103H,17-19,27-29,78H2,1-5H3,(H2,77,91)(H,80,98)(H,81,101)(H,82,97)(H,83,100)(H,84,102)(H,85,96)(H,86,99)/t31-,42-,43+,50+,52-,54-,55-,56-,57-,58+,59-,60-,61+,62-,64+,72-,73-,74+/m1/s1. The number of likely N-dealkylation sites (N-methyl/N-ethyl adjacent to an activating group) is 1. The average molecular weight is 1550 g/mol. The number of nitrogens with one attached hydrogen (secondary N) is 8. The zero-order valence-corrected chi connectivity index (χ0v) is 60.7. The fraction of sp³-hybridized carbons (Fsp3) is 0.405. The van der Waals surface area contributed by atoms with E-state index in [1.807, 2.05) is 13.8 Å². The molecular weight excluding hydrogens is 1470 g/mol. The molecule has 7 aliphatic heterocycles. The van der Waals surface area contributed by atoms with Crippen LogP contribution in [0, 0.1) is 11.8 Å². The summed E-state index contributed by atoms with van der Waals surface area (Å²) in [5.41, 5.74) is 9.70. The molecule has 582 valence electrons.